The number of hydrogen-bond donors (Lipinski definition) is 3. The topological polar surface area (TPSA) is 118 Å². The van der Waals surface area contributed by atoms with Crippen LogP contribution in [0.4, 0.5) is 0 Å². The van der Waals surface area contributed by atoms with Crippen molar-refractivity contribution in [3.63, 3.8) is 0 Å². The molecule has 1 aliphatic rings. The monoisotopic (exact) mass is 267 g/mol. The second-order valence-electron chi connectivity index (χ2n) is 3.56. The van der Waals surface area contributed by atoms with Crippen LogP contribution in [0.2, 0.25) is 0 Å². The quantitative estimate of drug-likeness (QED) is 0.285. The van der Waals surface area contributed by atoms with Crippen LogP contribution in [0.25, 0.3) is 0 Å². The number of nitrogens with two attached hydrogens (primary N) is 1. The number of nitrogens with one attached hydrogen (secondary N) is 2. The van der Waals surface area contributed by atoms with Crippen molar-refractivity contribution < 1.29 is 9.77 Å². The van der Waals surface area contributed by atoms with Gasteiger partial charge in [-0.1, -0.05) is 5.43 Å². The fourth-order valence-electron chi connectivity index (χ4n) is 1.77. The molecule has 1 heterocycles. The minimum atomic E-state index is -0.758. The molecule has 9 heteroatoms. The summed E-state index contributed by atoms with van der Waals surface area (Å²) in [6.07, 6.45) is 1.14. The minimum absolute atomic E-state index is 0. The fraction of sp³-hybridized carbons (Fsp3) is 0.875. The van der Waals surface area contributed by atoms with Crippen molar-refractivity contribution in [2.75, 3.05) is 13.2 Å². The van der Waals surface area contributed by atoms with Gasteiger partial charge in [0.25, 0.3) is 5.96 Å². The summed E-state index contributed by atoms with van der Waals surface area (Å²) in [5.74, 6) is -0.279. The van der Waals surface area contributed by atoms with Gasteiger partial charge in [-0.05, 0) is 19.8 Å². The summed E-state index contributed by atoms with van der Waals surface area (Å²) < 4.78 is 5.41. The van der Waals surface area contributed by atoms with Gasteiger partial charge in [0, 0.05) is 19.2 Å². The molecule has 0 spiro atoms. The summed E-state index contributed by atoms with van der Waals surface area (Å²) in [6.45, 7) is 2.82. The fourth-order valence-corrected chi connectivity index (χ4v) is 1.77. The second-order valence-corrected chi connectivity index (χ2v) is 3.56. The average molecular weight is 268 g/mol. The van der Waals surface area contributed by atoms with Crippen LogP contribution in [0.5, 0.6) is 0 Å². The smallest absolute Gasteiger partial charge is 0.256 e. The Bertz CT molecular complexity index is 278. The van der Waals surface area contributed by atoms with E-state index < -0.39 is 11.3 Å². The van der Waals surface area contributed by atoms with Gasteiger partial charge in [-0.2, -0.15) is 0 Å². The zero-order valence-electron chi connectivity index (χ0n) is 9.59. The van der Waals surface area contributed by atoms with E-state index in [1.165, 1.54) is 4.90 Å². The first-order valence-electron chi connectivity index (χ1n) is 5.19. The highest BCUT2D eigenvalue weighted by atomic mass is 35.5. The molecule has 0 saturated carbocycles. The van der Waals surface area contributed by atoms with E-state index in [9.17, 15) is 10.1 Å². The number of halogens is 1. The lowest BCUT2D eigenvalue weighted by molar-refractivity contribution is -0.527. The molecule has 0 aromatic carbocycles. The molecule has 17 heavy (non-hydrogen) atoms. The van der Waals surface area contributed by atoms with Crippen LogP contribution in [0, 0.1) is 15.5 Å². The highest BCUT2D eigenvalue weighted by Crippen LogP contribution is 2.16. The highest BCUT2D eigenvalue weighted by molar-refractivity contribution is 5.85. The van der Waals surface area contributed by atoms with E-state index in [0.29, 0.717) is 13.2 Å². The Hall–Kier alpha value is -1.12. The molecule has 100 valence electrons. The van der Waals surface area contributed by atoms with Gasteiger partial charge in [0.15, 0.2) is 5.03 Å². The number of hydrogen-bond acceptors (Lipinski definition) is 5. The molecule has 0 aliphatic carbocycles. The molecular weight excluding hydrogens is 250 g/mol. The van der Waals surface area contributed by atoms with Gasteiger partial charge in [0.1, 0.15) is 6.23 Å². The number of likely N-dealkylation sites (tertiary alicyclic amines) is 1. The summed E-state index contributed by atoms with van der Waals surface area (Å²) in [4.78, 5) is 11.7. The number of guanidine groups is 1. The SMILES string of the molecule is CCO[C@H]1[C@@H](N)CCCN1C(=N)N[N+](=O)[O-].Cl. The number of hydrazine groups is 1. The van der Waals surface area contributed by atoms with Crippen LogP contribution < -0.4 is 11.2 Å². The van der Waals surface area contributed by atoms with Crippen LogP contribution in [0.1, 0.15) is 19.8 Å². The van der Waals surface area contributed by atoms with Gasteiger partial charge in [-0.15, -0.1) is 12.4 Å². The summed E-state index contributed by atoms with van der Waals surface area (Å²) in [5, 5.41) is 17.0. The van der Waals surface area contributed by atoms with Crippen molar-refractivity contribution in [1.29, 1.82) is 5.41 Å². The lowest BCUT2D eigenvalue weighted by atomic mass is 10.1. The summed E-state index contributed by atoms with van der Waals surface area (Å²) >= 11 is 0. The van der Waals surface area contributed by atoms with E-state index in [1.807, 2.05) is 12.3 Å². The zero-order chi connectivity index (χ0) is 12.1. The number of nitro groups is 1. The molecule has 0 bridgehead atoms. The molecule has 0 aromatic rings. The summed E-state index contributed by atoms with van der Waals surface area (Å²) in [6, 6.07) is -0.220. The van der Waals surface area contributed by atoms with Gasteiger partial charge in [0.2, 0.25) is 0 Å². The van der Waals surface area contributed by atoms with E-state index in [0.717, 1.165) is 12.8 Å². The normalized spacial score (nSPS) is 23.8. The Kier molecular flexibility index (Phi) is 6.78. The van der Waals surface area contributed by atoms with Crippen molar-refractivity contribution in [3.8, 4) is 0 Å². The Morgan fingerprint density at radius 3 is 2.94 bits per heavy atom. The number of ether oxygens (including phenoxy) is 1. The molecule has 4 N–H and O–H groups in total. The maximum Gasteiger partial charge on any atom is 0.256 e. The standard InChI is InChI=1S/C8H17N5O3.ClH/c1-2-16-7-6(9)4-3-5-12(7)8(10)11-13(14)15;/h6-7H,2-5,9H2,1H3,(H2,10,11);1H/t6-,7-;/m0./s1. The summed E-state index contributed by atoms with van der Waals surface area (Å²) in [5.41, 5.74) is 7.68. The third kappa shape index (κ3) is 4.33. The predicted octanol–water partition coefficient (Wildman–Crippen LogP) is -0.0900. The maximum atomic E-state index is 10.3. The van der Waals surface area contributed by atoms with Crippen molar-refractivity contribution in [2.45, 2.75) is 32.0 Å². The zero-order valence-corrected chi connectivity index (χ0v) is 10.4. The Labute approximate surface area is 106 Å². The number of nitrogens with zero attached hydrogens (tertiary/aromatic N) is 2. The van der Waals surface area contributed by atoms with Crippen LogP contribution in [-0.4, -0.2) is 41.3 Å². The van der Waals surface area contributed by atoms with E-state index in [1.54, 1.807) is 0 Å². The van der Waals surface area contributed by atoms with Gasteiger partial charge in [-0.3, -0.25) is 5.41 Å². The first kappa shape index (κ1) is 15.9. The Morgan fingerprint density at radius 1 is 1.76 bits per heavy atom. The first-order chi connectivity index (χ1) is 7.56. The van der Waals surface area contributed by atoms with Gasteiger partial charge in [0.05, 0.1) is 0 Å². The molecule has 1 saturated heterocycles. The number of rotatable bonds is 3. The summed E-state index contributed by atoms with van der Waals surface area (Å²) in [7, 11) is 0. The molecule has 0 amide bonds. The minimum Gasteiger partial charge on any atom is -0.357 e. The van der Waals surface area contributed by atoms with Gasteiger partial charge < -0.3 is 15.4 Å². The van der Waals surface area contributed by atoms with Crippen LogP contribution in [0.3, 0.4) is 0 Å². The van der Waals surface area contributed by atoms with Gasteiger partial charge in [-0.25, -0.2) is 10.1 Å². The van der Waals surface area contributed by atoms with Crippen molar-refractivity contribution in [2.24, 2.45) is 5.73 Å². The molecular formula is C8H18ClN5O3. The van der Waals surface area contributed by atoms with E-state index >= 15 is 0 Å². The third-order valence-electron chi connectivity index (χ3n) is 2.43. The third-order valence-corrected chi connectivity index (χ3v) is 2.43. The van der Waals surface area contributed by atoms with Crippen LogP contribution >= 0.6 is 12.4 Å². The Morgan fingerprint density at radius 2 is 2.41 bits per heavy atom. The molecule has 0 unspecified atom stereocenters. The molecule has 1 aliphatic heterocycles. The molecule has 2 atom stereocenters. The Balaban J connectivity index is 0.00000256. The number of piperidine rings is 1. The lowest BCUT2D eigenvalue weighted by Gasteiger charge is -2.39. The van der Waals surface area contributed by atoms with E-state index in [4.69, 9.17) is 15.9 Å². The second kappa shape index (κ2) is 7.25. The largest absolute Gasteiger partial charge is 0.357 e. The lowest BCUT2D eigenvalue weighted by Crippen LogP contribution is -2.58. The first-order valence-corrected chi connectivity index (χ1v) is 5.19. The highest BCUT2D eigenvalue weighted by Gasteiger charge is 2.32. The molecule has 1 fully saturated rings. The molecule has 8 nitrogen and oxygen atoms in total. The van der Waals surface area contributed by atoms with E-state index in [-0.39, 0.29) is 24.4 Å². The van der Waals surface area contributed by atoms with Crippen LogP contribution in [-0.2, 0) is 4.74 Å². The molecule has 0 aromatic heterocycles. The average Bonchev–Trinajstić information content (AvgIpc) is 2.20. The van der Waals surface area contributed by atoms with Crippen LogP contribution in [0.15, 0.2) is 0 Å². The predicted molar refractivity (Wildman–Crippen MR) is 64.4 cm³/mol. The van der Waals surface area contributed by atoms with Crippen molar-refractivity contribution in [1.82, 2.24) is 10.3 Å². The van der Waals surface area contributed by atoms with Gasteiger partial charge >= 0.3 is 0 Å². The van der Waals surface area contributed by atoms with E-state index in [2.05, 4.69) is 0 Å². The molecule has 0 radical (unpaired) electrons. The maximum absolute atomic E-state index is 10.3. The van der Waals surface area contributed by atoms with Crippen molar-refractivity contribution >= 4 is 18.4 Å². The van der Waals surface area contributed by atoms with Crippen molar-refractivity contribution in [3.05, 3.63) is 10.1 Å². The molecule has 1 rings (SSSR count).